The Morgan fingerprint density at radius 1 is 1.18 bits per heavy atom. The number of nitrogens with one attached hydrogen (secondary N) is 1. The van der Waals surface area contributed by atoms with E-state index in [9.17, 15) is 4.79 Å². The first-order chi connectivity index (χ1) is 10.7. The molecule has 1 aromatic heterocycles. The molecule has 6 nitrogen and oxygen atoms in total. The number of nitrogens with zero attached hydrogens (tertiary/aromatic N) is 4. The minimum Gasteiger partial charge on any atom is -0.337 e. The number of urea groups is 1. The maximum Gasteiger partial charge on any atom is 0.317 e. The van der Waals surface area contributed by atoms with Crippen molar-refractivity contribution < 1.29 is 4.79 Å². The van der Waals surface area contributed by atoms with E-state index in [1.54, 1.807) is 12.4 Å². The summed E-state index contributed by atoms with van der Waals surface area (Å²) in [6.45, 7) is 6.10. The molecule has 3 rings (SSSR count). The fourth-order valence-corrected chi connectivity index (χ4v) is 3.37. The summed E-state index contributed by atoms with van der Waals surface area (Å²) in [6, 6.07) is 1.89. The molecule has 1 saturated heterocycles. The number of piperazine rings is 1. The second-order valence-electron chi connectivity index (χ2n) is 6.70. The Bertz CT molecular complexity index is 493. The number of amides is 2. The zero-order valence-corrected chi connectivity index (χ0v) is 13.3. The van der Waals surface area contributed by atoms with E-state index in [1.807, 2.05) is 11.0 Å². The van der Waals surface area contributed by atoms with Crippen molar-refractivity contribution in [3.8, 4) is 0 Å². The van der Waals surface area contributed by atoms with Gasteiger partial charge in [-0.1, -0.05) is 19.8 Å². The van der Waals surface area contributed by atoms with Crippen LogP contribution in [0, 0.1) is 5.41 Å². The standard InChI is InChI=1S/C16H25N5O/c1-16(5-2-3-6-16)13-19-15(22)21-11-9-20(10-12-21)14-17-7-4-8-18-14/h4,7-8H,2-3,5-6,9-13H2,1H3,(H,19,22). The summed E-state index contributed by atoms with van der Waals surface area (Å²) in [5.74, 6) is 0.751. The largest absolute Gasteiger partial charge is 0.337 e. The fraction of sp³-hybridized carbons (Fsp3) is 0.688. The number of carbonyl (C=O) groups is 1. The van der Waals surface area contributed by atoms with Crippen LogP contribution in [0.2, 0.25) is 0 Å². The lowest BCUT2D eigenvalue weighted by atomic mass is 9.89. The zero-order valence-electron chi connectivity index (χ0n) is 13.3. The van der Waals surface area contributed by atoms with Gasteiger partial charge in [-0.3, -0.25) is 0 Å². The van der Waals surface area contributed by atoms with Gasteiger partial charge in [0.05, 0.1) is 0 Å². The molecule has 1 aromatic rings. The van der Waals surface area contributed by atoms with Crippen molar-refractivity contribution in [3.63, 3.8) is 0 Å². The quantitative estimate of drug-likeness (QED) is 0.926. The van der Waals surface area contributed by atoms with Gasteiger partial charge in [0.1, 0.15) is 0 Å². The molecular formula is C16H25N5O. The number of aromatic nitrogens is 2. The molecule has 2 heterocycles. The van der Waals surface area contributed by atoms with Crippen LogP contribution in [-0.4, -0.2) is 53.6 Å². The number of hydrogen-bond acceptors (Lipinski definition) is 4. The predicted molar refractivity (Wildman–Crippen MR) is 85.8 cm³/mol. The van der Waals surface area contributed by atoms with Gasteiger partial charge < -0.3 is 15.1 Å². The van der Waals surface area contributed by atoms with Crippen LogP contribution < -0.4 is 10.2 Å². The first-order valence-electron chi connectivity index (χ1n) is 8.21. The van der Waals surface area contributed by atoms with Crippen LogP contribution in [0.1, 0.15) is 32.6 Å². The summed E-state index contributed by atoms with van der Waals surface area (Å²) in [4.78, 5) is 24.9. The molecule has 22 heavy (non-hydrogen) atoms. The lowest BCUT2D eigenvalue weighted by Gasteiger charge is -2.35. The number of hydrogen-bond donors (Lipinski definition) is 1. The molecule has 2 fully saturated rings. The molecule has 0 atom stereocenters. The molecule has 1 aliphatic carbocycles. The summed E-state index contributed by atoms with van der Waals surface area (Å²) in [5.41, 5.74) is 0.301. The first kappa shape index (κ1) is 15.1. The molecule has 0 bridgehead atoms. The average Bonchev–Trinajstić information content (AvgIpc) is 3.01. The first-order valence-corrected chi connectivity index (χ1v) is 8.21. The topological polar surface area (TPSA) is 61.4 Å². The summed E-state index contributed by atoms with van der Waals surface area (Å²) in [5, 5.41) is 3.13. The lowest BCUT2D eigenvalue weighted by Crippen LogP contribution is -2.53. The van der Waals surface area contributed by atoms with Gasteiger partial charge in [0, 0.05) is 45.1 Å². The van der Waals surface area contributed by atoms with Gasteiger partial charge in [0.25, 0.3) is 0 Å². The minimum absolute atomic E-state index is 0.0711. The van der Waals surface area contributed by atoms with Crippen molar-refractivity contribution in [2.45, 2.75) is 32.6 Å². The third-order valence-electron chi connectivity index (χ3n) is 4.88. The van der Waals surface area contributed by atoms with Crippen LogP contribution >= 0.6 is 0 Å². The van der Waals surface area contributed by atoms with E-state index >= 15 is 0 Å². The van der Waals surface area contributed by atoms with Gasteiger partial charge >= 0.3 is 6.03 Å². The lowest BCUT2D eigenvalue weighted by molar-refractivity contribution is 0.187. The Morgan fingerprint density at radius 2 is 1.82 bits per heavy atom. The van der Waals surface area contributed by atoms with Crippen molar-refractivity contribution in [2.24, 2.45) is 5.41 Å². The highest BCUT2D eigenvalue weighted by atomic mass is 16.2. The maximum absolute atomic E-state index is 12.3. The maximum atomic E-state index is 12.3. The summed E-state index contributed by atoms with van der Waals surface area (Å²) < 4.78 is 0. The van der Waals surface area contributed by atoms with Crippen molar-refractivity contribution in [2.75, 3.05) is 37.6 Å². The van der Waals surface area contributed by atoms with Crippen molar-refractivity contribution in [1.82, 2.24) is 20.2 Å². The third-order valence-corrected chi connectivity index (χ3v) is 4.88. The third kappa shape index (κ3) is 3.48. The Morgan fingerprint density at radius 3 is 2.45 bits per heavy atom. The number of anilines is 1. The molecule has 1 aliphatic heterocycles. The smallest absolute Gasteiger partial charge is 0.317 e. The molecule has 1 saturated carbocycles. The number of carbonyl (C=O) groups excluding carboxylic acids is 1. The molecule has 2 amide bonds. The summed E-state index contributed by atoms with van der Waals surface area (Å²) in [7, 11) is 0. The monoisotopic (exact) mass is 303 g/mol. The Kier molecular flexibility index (Phi) is 4.45. The van der Waals surface area contributed by atoms with E-state index < -0.39 is 0 Å². The average molecular weight is 303 g/mol. The Balaban J connectivity index is 1.46. The van der Waals surface area contributed by atoms with E-state index in [0.29, 0.717) is 5.41 Å². The van der Waals surface area contributed by atoms with Gasteiger partial charge in [-0.15, -0.1) is 0 Å². The zero-order chi connectivity index (χ0) is 15.4. The van der Waals surface area contributed by atoms with E-state index in [2.05, 4.69) is 27.1 Å². The summed E-state index contributed by atoms with van der Waals surface area (Å²) >= 11 is 0. The highest BCUT2D eigenvalue weighted by Gasteiger charge is 2.30. The van der Waals surface area contributed by atoms with Crippen LogP contribution in [0.4, 0.5) is 10.7 Å². The molecule has 0 radical (unpaired) electrons. The normalized spacial score (nSPS) is 21.0. The van der Waals surface area contributed by atoms with Gasteiger partial charge in [-0.25, -0.2) is 14.8 Å². The van der Waals surface area contributed by atoms with Gasteiger partial charge in [-0.2, -0.15) is 0 Å². The molecule has 120 valence electrons. The van der Waals surface area contributed by atoms with Gasteiger partial charge in [-0.05, 0) is 24.3 Å². The van der Waals surface area contributed by atoms with E-state index in [1.165, 1.54) is 25.7 Å². The molecule has 6 heteroatoms. The van der Waals surface area contributed by atoms with Gasteiger partial charge in [0.2, 0.25) is 5.95 Å². The number of rotatable bonds is 3. The molecule has 0 spiro atoms. The minimum atomic E-state index is 0.0711. The predicted octanol–water partition coefficient (Wildman–Crippen LogP) is 1.89. The van der Waals surface area contributed by atoms with Crippen LogP contribution in [0.15, 0.2) is 18.5 Å². The van der Waals surface area contributed by atoms with Crippen LogP contribution in [0.25, 0.3) is 0 Å². The highest BCUT2D eigenvalue weighted by Crippen LogP contribution is 2.36. The van der Waals surface area contributed by atoms with Crippen molar-refractivity contribution in [3.05, 3.63) is 18.5 Å². The molecule has 2 aliphatic rings. The van der Waals surface area contributed by atoms with Crippen LogP contribution in [-0.2, 0) is 0 Å². The Hall–Kier alpha value is -1.85. The molecule has 0 unspecified atom stereocenters. The molecule has 1 N–H and O–H groups in total. The fourth-order valence-electron chi connectivity index (χ4n) is 3.37. The van der Waals surface area contributed by atoms with Crippen LogP contribution in [0.3, 0.4) is 0 Å². The van der Waals surface area contributed by atoms with E-state index in [0.717, 1.165) is 38.7 Å². The molecule has 0 aromatic carbocycles. The van der Waals surface area contributed by atoms with Gasteiger partial charge in [0.15, 0.2) is 0 Å². The molecular weight excluding hydrogens is 278 g/mol. The van der Waals surface area contributed by atoms with Crippen LogP contribution in [0.5, 0.6) is 0 Å². The second kappa shape index (κ2) is 6.50. The SMILES string of the molecule is CC1(CNC(=O)N2CCN(c3ncccn3)CC2)CCCC1. The highest BCUT2D eigenvalue weighted by molar-refractivity contribution is 5.74. The van der Waals surface area contributed by atoms with Crippen molar-refractivity contribution >= 4 is 12.0 Å². The van der Waals surface area contributed by atoms with Crippen molar-refractivity contribution in [1.29, 1.82) is 0 Å². The summed E-state index contributed by atoms with van der Waals surface area (Å²) in [6.07, 6.45) is 8.55. The van der Waals surface area contributed by atoms with E-state index in [4.69, 9.17) is 0 Å². The van der Waals surface area contributed by atoms with E-state index in [-0.39, 0.29) is 6.03 Å². The second-order valence-corrected chi connectivity index (χ2v) is 6.70. The Labute approximate surface area is 131 Å².